The van der Waals surface area contributed by atoms with Gasteiger partial charge in [-0.25, -0.2) is 9.78 Å². The standard InChI is InChI=1S/C17H28N4O4.C2HF3O2/c1-3-4-5-6-7-8-15(22)21-14(9-13-10-18-11-19-13)16(23)20-12(2)17(24)25;3-2(4,5)1(6)7/h10-12,14H,3-9H2,1-2H3,(H,18,19)(H,20,23)(H,21,22)(H,24,25);(H,6,7). The van der Waals surface area contributed by atoms with Gasteiger partial charge in [0.15, 0.2) is 0 Å². The number of hydrogen-bond donors (Lipinski definition) is 5. The molecule has 0 aliphatic rings. The van der Waals surface area contributed by atoms with Gasteiger partial charge >= 0.3 is 18.1 Å². The summed E-state index contributed by atoms with van der Waals surface area (Å²) in [6.45, 7) is 3.51. The third kappa shape index (κ3) is 13.2. The number of rotatable bonds is 12. The molecule has 0 aliphatic carbocycles. The minimum Gasteiger partial charge on any atom is -0.480 e. The predicted octanol–water partition coefficient (Wildman–Crippen LogP) is 2.02. The Hall–Kier alpha value is -3.12. The summed E-state index contributed by atoms with van der Waals surface area (Å²) in [5.74, 6) is -4.62. The zero-order valence-electron chi connectivity index (χ0n) is 17.9. The molecule has 1 aromatic rings. The smallest absolute Gasteiger partial charge is 0.480 e. The lowest BCUT2D eigenvalue weighted by molar-refractivity contribution is -0.192. The van der Waals surface area contributed by atoms with Crippen LogP contribution in [0.5, 0.6) is 0 Å². The van der Waals surface area contributed by atoms with Crippen molar-refractivity contribution in [2.45, 2.75) is 77.1 Å². The van der Waals surface area contributed by atoms with Gasteiger partial charge in [-0.1, -0.05) is 32.6 Å². The largest absolute Gasteiger partial charge is 0.490 e. The fourth-order valence-electron chi connectivity index (χ4n) is 2.36. The Morgan fingerprint density at radius 1 is 1.09 bits per heavy atom. The number of carbonyl (C=O) groups excluding carboxylic acids is 2. The summed E-state index contributed by atoms with van der Waals surface area (Å²) in [5, 5.41) is 21.1. The number of aliphatic carboxylic acids is 2. The number of nitrogens with one attached hydrogen (secondary N) is 3. The van der Waals surface area contributed by atoms with E-state index in [1.54, 1.807) is 6.20 Å². The van der Waals surface area contributed by atoms with Crippen molar-refractivity contribution < 1.29 is 42.6 Å². The number of unbranched alkanes of at least 4 members (excludes halogenated alkanes) is 4. The molecule has 13 heteroatoms. The minimum atomic E-state index is -5.08. The van der Waals surface area contributed by atoms with Gasteiger partial charge in [0.1, 0.15) is 12.1 Å². The number of nitrogens with zero attached hydrogens (tertiary/aromatic N) is 1. The number of alkyl halides is 3. The highest BCUT2D eigenvalue weighted by Gasteiger charge is 2.38. The summed E-state index contributed by atoms with van der Waals surface area (Å²) in [6, 6.07) is -1.87. The first kappa shape index (κ1) is 28.9. The van der Waals surface area contributed by atoms with Crippen molar-refractivity contribution in [2.24, 2.45) is 0 Å². The first-order valence-electron chi connectivity index (χ1n) is 9.98. The van der Waals surface area contributed by atoms with Crippen molar-refractivity contribution in [3.63, 3.8) is 0 Å². The predicted molar refractivity (Wildman–Crippen MR) is 107 cm³/mol. The molecule has 0 aromatic carbocycles. The van der Waals surface area contributed by atoms with Crippen LogP contribution in [0.4, 0.5) is 13.2 Å². The van der Waals surface area contributed by atoms with Crippen molar-refractivity contribution in [1.29, 1.82) is 0 Å². The quantitative estimate of drug-likeness (QED) is 0.294. The molecule has 0 fully saturated rings. The van der Waals surface area contributed by atoms with Gasteiger partial charge in [0, 0.05) is 24.7 Å². The number of carboxylic acids is 2. The molecule has 5 N–H and O–H groups in total. The fraction of sp³-hybridized carbons (Fsp3) is 0.632. The SMILES string of the molecule is CCCCCCCC(=O)NC(Cc1cnc[nH]1)C(=O)NC(C)C(=O)O.O=C(O)C(F)(F)F. The van der Waals surface area contributed by atoms with Crippen molar-refractivity contribution in [3.8, 4) is 0 Å². The second-order valence-corrected chi connectivity index (χ2v) is 6.94. The molecule has 32 heavy (non-hydrogen) atoms. The summed E-state index contributed by atoms with van der Waals surface area (Å²) >= 11 is 0. The van der Waals surface area contributed by atoms with Gasteiger partial charge in [0.2, 0.25) is 11.8 Å². The highest BCUT2D eigenvalue weighted by Crippen LogP contribution is 2.13. The fourth-order valence-corrected chi connectivity index (χ4v) is 2.36. The van der Waals surface area contributed by atoms with E-state index >= 15 is 0 Å². The second-order valence-electron chi connectivity index (χ2n) is 6.94. The lowest BCUT2D eigenvalue weighted by atomic mass is 10.1. The minimum absolute atomic E-state index is 0.209. The molecule has 0 spiro atoms. The molecule has 1 rings (SSSR count). The number of aromatic nitrogens is 2. The maximum Gasteiger partial charge on any atom is 0.490 e. The van der Waals surface area contributed by atoms with Gasteiger partial charge in [0.05, 0.1) is 6.33 Å². The molecule has 182 valence electrons. The first-order chi connectivity index (χ1) is 14.9. The molecule has 2 amide bonds. The summed E-state index contributed by atoms with van der Waals surface area (Å²) in [5.41, 5.74) is 0.686. The molecule has 1 heterocycles. The van der Waals surface area contributed by atoms with Crippen molar-refractivity contribution >= 4 is 23.8 Å². The monoisotopic (exact) mass is 466 g/mol. The second kappa shape index (κ2) is 14.8. The molecular formula is C19H29F3N4O6. The Morgan fingerprint density at radius 2 is 1.69 bits per heavy atom. The number of amides is 2. The maximum atomic E-state index is 12.3. The van der Waals surface area contributed by atoms with Crippen LogP contribution in [0.3, 0.4) is 0 Å². The van der Waals surface area contributed by atoms with E-state index in [2.05, 4.69) is 27.5 Å². The molecule has 2 atom stereocenters. The summed E-state index contributed by atoms with van der Waals surface area (Å²) in [6.07, 6.45) is 3.69. The number of carbonyl (C=O) groups is 4. The van der Waals surface area contributed by atoms with Crippen molar-refractivity contribution in [1.82, 2.24) is 20.6 Å². The lowest BCUT2D eigenvalue weighted by Gasteiger charge is -2.19. The van der Waals surface area contributed by atoms with E-state index in [1.165, 1.54) is 13.3 Å². The van der Waals surface area contributed by atoms with E-state index in [-0.39, 0.29) is 12.3 Å². The molecule has 0 radical (unpaired) electrons. The van der Waals surface area contributed by atoms with Crippen LogP contribution in [-0.4, -0.2) is 62.2 Å². The Balaban J connectivity index is 0.00000118. The van der Waals surface area contributed by atoms with Gasteiger partial charge in [0.25, 0.3) is 0 Å². The van der Waals surface area contributed by atoms with Crippen LogP contribution in [-0.2, 0) is 25.6 Å². The average molecular weight is 466 g/mol. The molecule has 1 aromatic heterocycles. The Morgan fingerprint density at radius 3 is 2.16 bits per heavy atom. The van der Waals surface area contributed by atoms with Gasteiger partial charge in [-0.15, -0.1) is 0 Å². The van der Waals surface area contributed by atoms with Crippen LogP contribution >= 0.6 is 0 Å². The number of carboxylic acid groups (broad SMARTS) is 2. The molecular weight excluding hydrogens is 437 g/mol. The van der Waals surface area contributed by atoms with Gasteiger partial charge in [-0.05, 0) is 13.3 Å². The molecule has 0 saturated heterocycles. The normalized spacial score (nSPS) is 12.7. The van der Waals surface area contributed by atoms with E-state index in [0.717, 1.165) is 32.1 Å². The van der Waals surface area contributed by atoms with Crippen LogP contribution in [0.1, 0.15) is 58.1 Å². The highest BCUT2D eigenvalue weighted by molar-refractivity contribution is 5.90. The van der Waals surface area contributed by atoms with E-state index in [9.17, 15) is 27.6 Å². The van der Waals surface area contributed by atoms with Crippen molar-refractivity contribution in [2.75, 3.05) is 0 Å². The Bertz CT molecular complexity index is 725. The van der Waals surface area contributed by atoms with E-state index < -0.39 is 36.1 Å². The number of imidazole rings is 1. The third-order valence-electron chi connectivity index (χ3n) is 4.11. The number of halogens is 3. The van der Waals surface area contributed by atoms with Gasteiger partial charge in [-0.2, -0.15) is 13.2 Å². The molecule has 2 unspecified atom stereocenters. The highest BCUT2D eigenvalue weighted by atomic mass is 19.4. The Labute approximate surface area is 183 Å². The number of aromatic amines is 1. The van der Waals surface area contributed by atoms with E-state index in [0.29, 0.717) is 12.1 Å². The third-order valence-corrected chi connectivity index (χ3v) is 4.11. The molecule has 0 saturated carbocycles. The van der Waals surface area contributed by atoms with E-state index in [4.69, 9.17) is 15.0 Å². The van der Waals surface area contributed by atoms with Crippen LogP contribution in [0.15, 0.2) is 12.5 Å². The van der Waals surface area contributed by atoms with E-state index in [1.807, 2.05) is 0 Å². The van der Waals surface area contributed by atoms with Crippen LogP contribution < -0.4 is 10.6 Å². The molecule has 10 nitrogen and oxygen atoms in total. The summed E-state index contributed by atoms with van der Waals surface area (Å²) in [7, 11) is 0. The number of hydrogen-bond acceptors (Lipinski definition) is 5. The van der Waals surface area contributed by atoms with Gasteiger partial charge in [-0.3, -0.25) is 14.4 Å². The van der Waals surface area contributed by atoms with Crippen LogP contribution in [0, 0.1) is 0 Å². The van der Waals surface area contributed by atoms with Crippen LogP contribution in [0.25, 0.3) is 0 Å². The zero-order valence-corrected chi connectivity index (χ0v) is 17.9. The average Bonchev–Trinajstić information content (AvgIpc) is 3.20. The maximum absolute atomic E-state index is 12.3. The Kier molecular flexibility index (Phi) is 13.4. The molecule has 0 aliphatic heterocycles. The van der Waals surface area contributed by atoms with Crippen LogP contribution in [0.2, 0.25) is 0 Å². The lowest BCUT2D eigenvalue weighted by Crippen LogP contribution is -2.51. The van der Waals surface area contributed by atoms with Gasteiger partial charge < -0.3 is 25.8 Å². The zero-order chi connectivity index (χ0) is 24.7. The summed E-state index contributed by atoms with van der Waals surface area (Å²) < 4.78 is 31.7. The summed E-state index contributed by atoms with van der Waals surface area (Å²) in [4.78, 5) is 51.0. The van der Waals surface area contributed by atoms with Crippen molar-refractivity contribution in [3.05, 3.63) is 18.2 Å². The number of H-pyrrole nitrogens is 1. The molecule has 0 bridgehead atoms. The first-order valence-corrected chi connectivity index (χ1v) is 9.98. The topological polar surface area (TPSA) is 161 Å².